The molecule has 0 unspecified atom stereocenters. The molecular weight excluding hydrogens is 226 g/mol. The van der Waals surface area contributed by atoms with Gasteiger partial charge >= 0.3 is 0 Å². The summed E-state index contributed by atoms with van der Waals surface area (Å²) >= 11 is 0. The van der Waals surface area contributed by atoms with Gasteiger partial charge in [-0.05, 0) is 57.8 Å². The molecule has 0 radical (unpaired) electrons. The van der Waals surface area contributed by atoms with Gasteiger partial charge in [0.15, 0.2) is 0 Å². The molecule has 1 fully saturated rings. The molecule has 0 aliphatic carbocycles. The van der Waals surface area contributed by atoms with Gasteiger partial charge in [0.1, 0.15) is 17.1 Å². The Hall–Kier alpha value is -1.22. The van der Waals surface area contributed by atoms with Crippen molar-refractivity contribution in [3.8, 4) is 11.5 Å². The Labute approximate surface area is 108 Å². The van der Waals surface area contributed by atoms with Crippen molar-refractivity contribution in [3.63, 3.8) is 0 Å². The van der Waals surface area contributed by atoms with Crippen LogP contribution in [0.4, 0.5) is 0 Å². The third-order valence-electron chi connectivity index (χ3n) is 4.06. The highest BCUT2D eigenvalue weighted by Gasteiger charge is 2.38. The summed E-state index contributed by atoms with van der Waals surface area (Å²) in [6.45, 7) is 4.88. The van der Waals surface area contributed by atoms with Gasteiger partial charge in [0.2, 0.25) is 0 Å². The lowest BCUT2D eigenvalue weighted by atomic mass is 9.83. The molecule has 1 aromatic carbocycles. The molecule has 2 aliphatic rings. The summed E-state index contributed by atoms with van der Waals surface area (Å²) in [4.78, 5) is 0. The molecule has 2 heterocycles. The van der Waals surface area contributed by atoms with E-state index in [1.165, 1.54) is 5.56 Å². The van der Waals surface area contributed by atoms with Crippen LogP contribution in [0.2, 0.25) is 0 Å². The molecule has 2 aliphatic heterocycles. The van der Waals surface area contributed by atoms with Gasteiger partial charge in [0.25, 0.3) is 0 Å². The molecule has 3 rings (SSSR count). The maximum atomic E-state index is 6.33. The second-order valence-electron chi connectivity index (χ2n) is 5.20. The summed E-state index contributed by atoms with van der Waals surface area (Å²) in [5, 5.41) is 3.41. The summed E-state index contributed by atoms with van der Waals surface area (Å²) in [5.41, 5.74) is 1.33. The second-order valence-corrected chi connectivity index (χ2v) is 5.20. The SMILES string of the molecule is CCOc1cccc2c1CCC1(CCNCC1)O2. The Balaban J connectivity index is 1.86. The zero-order chi connectivity index (χ0) is 12.4. The van der Waals surface area contributed by atoms with E-state index in [0.717, 1.165) is 50.3 Å². The molecule has 0 atom stereocenters. The van der Waals surface area contributed by atoms with Crippen LogP contribution in [0.25, 0.3) is 0 Å². The summed E-state index contributed by atoms with van der Waals surface area (Å²) in [6.07, 6.45) is 4.42. The fourth-order valence-electron chi connectivity index (χ4n) is 3.05. The Morgan fingerprint density at radius 2 is 2.11 bits per heavy atom. The first-order valence-electron chi connectivity index (χ1n) is 6.97. The Morgan fingerprint density at radius 3 is 2.89 bits per heavy atom. The van der Waals surface area contributed by atoms with E-state index in [2.05, 4.69) is 11.4 Å². The van der Waals surface area contributed by atoms with Gasteiger partial charge in [0.05, 0.1) is 6.61 Å². The average molecular weight is 247 g/mol. The van der Waals surface area contributed by atoms with Crippen LogP contribution >= 0.6 is 0 Å². The Bertz CT molecular complexity index is 425. The van der Waals surface area contributed by atoms with Crippen molar-refractivity contribution < 1.29 is 9.47 Å². The number of hydrogen-bond donors (Lipinski definition) is 1. The van der Waals surface area contributed by atoms with Crippen LogP contribution in [0, 0.1) is 0 Å². The van der Waals surface area contributed by atoms with Gasteiger partial charge in [0, 0.05) is 5.56 Å². The zero-order valence-electron chi connectivity index (χ0n) is 11.0. The molecule has 0 amide bonds. The molecule has 1 N–H and O–H groups in total. The Kier molecular flexibility index (Phi) is 3.16. The highest BCUT2D eigenvalue weighted by molar-refractivity contribution is 5.46. The third-order valence-corrected chi connectivity index (χ3v) is 4.06. The van der Waals surface area contributed by atoms with Crippen molar-refractivity contribution in [1.82, 2.24) is 5.32 Å². The highest BCUT2D eigenvalue weighted by Crippen LogP contribution is 2.41. The molecule has 18 heavy (non-hydrogen) atoms. The van der Waals surface area contributed by atoms with Gasteiger partial charge < -0.3 is 14.8 Å². The summed E-state index contributed by atoms with van der Waals surface area (Å²) in [5.74, 6) is 2.04. The lowest BCUT2D eigenvalue weighted by molar-refractivity contribution is 0.0163. The maximum Gasteiger partial charge on any atom is 0.127 e. The highest BCUT2D eigenvalue weighted by atomic mass is 16.5. The quantitative estimate of drug-likeness (QED) is 0.871. The van der Waals surface area contributed by atoms with E-state index in [0.29, 0.717) is 6.61 Å². The van der Waals surface area contributed by atoms with Crippen molar-refractivity contribution in [1.29, 1.82) is 0 Å². The number of ether oxygens (including phenoxy) is 2. The monoisotopic (exact) mass is 247 g/mol. The van der Waals surface area contributed by atoms with Gasteiger partial charge in [-0.15, -0.1) is 0 Å². The number of rotatable bonds is 2. The topological polar surface area (TPSA) is 30.5 Å². The fourth-order valence-corrected chi connectivity index (χ4v) is 3.05. The van der Waals surface area contributed by atoms with Crippen molar-refractivity contribution in [2.24, 2.45) is 0 Å². The summed E-state index contributed by atoms with van der Waals surface area (Å²) in [7, 11) is 0. The lowest BCUT2D eigenvalue weighted by Gasteiger charge is -2.42. The molecule has 1 spiro atoms. The number of fused-ring (bicyclic) bond motifs is 1. The van der Waals surface area contributed by atoms with E-state index in [4.69, 9.17) is 9.47 Å². The first-order valence-corrected chi connectivity index (χ1v) is 6.97. The van der Waals surface area contributed by atoms with Crippen LogP contribution in [0.1, 0.15) is 31.7 Å². The summed E-state index contributed by atoms with van der Waals surface area (Å²) in [6, 6.07) is 6.16. The standard InChI is InChI=1S/C15H21NO2/c1-2-17-13-4-3-5-14-12(13)6-7-15(18-14)8-10-16-11-9-15/h3-5,16H,2,6-11H2,1H3. The van der Waals surface area contributed by atoms with Gasteiger partial charge in [-0.1, -0.05) is 6.07 Å². The minimum atomic E-state index is 0.0725. The van der Waals surface area contributed by atoms with Crippen LogP contribution < -0.4 is 14.8 Å². The first-order chi connectivity index (χ1) is 8.83. The molecule has 0 bridgehead atoms. The zero-order valence-corrected chi connectivity index (χ0v) is 11.0. The average Bonchev–Trinajstić information content (AvgIpc) is 2.40. The molecular formula is C15H21NO2. The van der Waals surface area contributed by atoms with Crippen molar-refractivity contribution in [2.75, 3.05) is 19.7 Å². The van der Waals surface area contributed by atoms with Gasteiger partial charge in [-0.25, -0.2) is 0 Å². The third kappa shape index (κ3) is 2.07. The van der Waals surface area contributed by atoms with E-state index >= 15 is 0 Å². The van der Waals surface area contributed by atoms with Gasteiger partial charge in [-0.3, -0.25) is 0 Å². The predicted molar refractivity (Wildman–Crippen MR) is 71.4 cm³/mol. The largest absolute Gasteiger partial charge is 0.493 e. The molecule has 1 aromatic rings. The minimum absolute atomic E-state index is 0.0725. The van der Waals surface area contributed by atoms with E-state index < -0.39 is 0 Å². The van der Waals surface area contributed by atoms with E-state index in [1.54, 1.807) is 0 Å². The van der Waals surface area contributed by atoms with Crippen molar-refractivity contribution >= 4 is 0 Å². The second kappa shape index (κ2) is 4.81. The molecule has 0 aromatic heterocycles. The normalized spacial score (nSPS) is 21.2. The fraction of sp³-hybridized carbons (Fsp3) is 0.600. The number of benzene rings is 1. The molecule has 3 heteroatoms. The van der Waals surface area contributed by atoms with Crippen molar-refractivity contribution in [3.05, 3.63) is 23.8 Å². The van der Waals surface area contributed by atoms with E-state index in [9.17, 15) is 0 Å². The lowest BCUT2D eigenvalue weighted by Crippen LogP contribution is -2.48. The molecule has 98 valence electrons. The summed E-state index contributed by atoms with van der Waals surface area (Å²) < 4.78 is 12.0. The predicted octanol–water partition coefficient (Wildman–Crippen LogP) is 2.53. The van der Waals surface area contributed by atoms with E-state index in [-0.39, 0.29) is 5.60 Å². The molecule has 0 saturated carbocycles. The van der Waals surface area contributed by atoms with E-state index in [1.807, 2.05) is 19.1 Å². The van der Waals surface area contributed by atoms with Crippen LogP contribution in [0.15, 0.2) is 18.2 Å². The molecule has 1 saturated heterocycles. The van der Waals surface area contributed by atoms with Crippen LogP contribution in [0.5, 0.6) is 11.5 Å². The molecule has 3 nitrogen and oxygen atoms in total. The number of nitrogens with one attached hydrogen (secondary N) is 1. The number of hydrogen-bond acceptors (Lipinski definition) is 3. The number of piperidine rings is 1. The maximum absolute atomic E-state index is 6.33. The van der Waals surface area contributed by atoms with Crippen LogP contribution in [-0.4, -0.2) is 25.3 Å². The van der Waals surface area contributed by atoms with Crippen molar-refractivity contribution in [2.45, 2.75) is 38.2 Å². The van der Waals surface area contributed by atoms with Crippen LogP contribution in [0.3, 0.4) is 0 Å². The Morgan fingerprint density at radius 1 is 1.28 bits per heavy atom. The smallest absolute Gasteiger partial charge is 0.127 e. The van der Waals surface area contributed by atoms with Gasteiger partial charge in [-0.2, -0.15) is 0 Å². The first kappa shape index (κ1) is 11.8. The minimum Gasteiger partial charge on any atom is -0.493 e. The van der Waals surface area contributed by atoms with Crippen LogP contribution in [-0.2, 0) is 6.42 Å².